The van der Waals surface area contributed by atoms with E-state index in [-0.39, 0.29) is 32.9 Å². The van der Waals surface area contributed by atoms with Crippen LogP contribution in [0.5, 0.6) is 5.75 Å². The zero-order valence-electron chi connectivity index (χ0n) is 22.7. The number of benzene rings is 3. The standard InChI is InChI=1S/C31H30ClNO6/c1-17-14-22(28(38-5)23(32)15-17)26(34)24-25(18-10-12-20(13-11-18)31(2,3)4)33(29(36)27(24)35)21-9-7-8-19(16-21)30(37)39-6/h7-16,25,34H,1-6H3/b26-24+. The first-order valence-electron chi connectivity index (χ1n) is 12.3. The average Bonchev–Trinajstić information content (AvgIpc) is 3.17. The number of rotatable bonds is 5. The van der Waals surface area contributed by atoms with Gasteiger partial charge in [0.25, 0.3) is 11.7 Å². The molecule has 1 aliphatic heterocycles. The molecule has 0 aromatic heterocycles. The summed E-state index contributed by atoms with van der Waals surface area (Å²) >= 11 is 6.38. The molecule has 1 amide bonds. The minimum atomic E-state index is -0.990. The van der Waals surface area contributed by atoms with Gasteiger partial charge in [-0.2, -0.15) is 0 Å². The third-order valence-electron chi connectivity index (χ3n) is 6.73. The molecule has 1 unspecified atom stereocenters. The van der Waals surface area contributed by atoms with E-state index in [0.717, 1.165) is 11.1 Å². The van der Waals surface area contributed by atoms with Crippen LogP contribution < -0.4 is 9.64 Å². The Bertz CT molecular complexity index is 1500. The lowest BCUT2D eigenvalue weighted by molar-refractivity contribution is -0.132. The summed E-state index contributed by atoms with van der Waals surface area (Å²) in [5.41, 5.74) is 2.86. The van der Waals surface area contributed by atoms with Gasteiger partial charge < -0.3 is 14.6 Å². The minimum Gasteiger partial charge on any atom is -0.507 e. The number of aliphatic hydroxyl groups is 1. The lowest BCUT2D eigenvalue weighted by Crippen LogP contribution is -2.29. The van der Waals surface area contributed by atoms with Gasteiger partial charge in [-0.3, -0.25) is 14.5 Å². The van der Waals surface area contributed by atoms with Gasteiger partial charge in [0.05, 0.1) is 42.0 Å². The van der Waals surface area contributed by atoms with Crippen LogP contribution in [-0.4, -0.2) is 37.0 Å². The van der Waals surface area contributed by atoms with Crippen LogP contribution in [0.4, 0.5) is 5.69 Å². The number of aryl methyl sites for hydroxylation is 1. The van der Waals surface area contributed by atoms with Gasteiger partial charge in [-0.1, -0.05) is 62.7 Å². The molecule has 1 fully saturated rings. The summed E-state index contributed by atoms with van der Waals surface area (Å²) in [5, 5.41) is 11.9. The van der Waals surface area contributed by atoms with Crippen LogP contribution in [-0.2, 0) is 19.7 Å². The molecule has 0 spiro atoms. The van der Waals surface area contributed by atoms with Crippen molar-refractivity contribution in [2.45, 2.75) is 39.2 Å². The fourth-order valence-electron chi connectivity index (χ4n) is 4.74. The number of hydrogen-bond donors (Lipinski definition) is 1. The number of ketones is 1. The molecule has 0 bridgehead atoms. The number of amides is 1. The van der Waals surface area contributed by atoms with Gasteiger partial charge in [0.2, 0.25) is 0 Å². The zero-order valence-corrected chi connectivity index (χ0v) is 23.4. The first kappa shape index (κ1) is 27.9. The van der Waals surface area contributed by atoms with E-state index < -0.39 is 29.5 Å². The predicted molar refractivity (Wildman–Crippen MR) is 150 cm³/mol. The average molecular weight is 548 g/mol. The van der Waals surface area contributed by atoms with Gasteiger partial charge in [0.15, 0.2) is 0 Å². The summed E-state index contributed by atoms with van der Waals surface area (Å²) in [6.45, 7) is 8.04. The quantitative estimate of drug-likeness (QED) is 0.173. The Morgan fingerprint density at radius 2 is 1.67 bits per heavy atom. The molecular formula is C31H30ClNO6. The van der Waals surface area contributed by atoms with Crippen molar-refractivity contribution < 1.29 is 29.0 Å². The van der Waals surface area contributed by atoms with E-state index in [1.807, 2.05) is 24.3 Å². The van der Waals surface area contributed by atoms with E-state index in [1.54, 1.807) is 37.3 Å². The molecule has 1 N–H and O–H groups in total. The summed E-state index contributed by atoms with van der Waals surface area (Å²) in [6.07, 6.45) is 0. The largest absolute Gasteiger partial charge is 0.507 e. The van der Waals surface area contributed by atoms with Crippen LogP contribution >= 0.6 is 11.6 Å². The second-order valence-corrected chi connectivity index (χ2v) is 10.8. The van der Waals surface area contributed by atoms with E-state index in [1.165, 1.54) is 25.2 Å². The van der Waals surface area contributed by atoms with Crippen LogP contribution in [0.3, 0.4) is 0 Å². The van der Waals surface area contributed by atoms with Gasteiger partial charge in [0.1, 0.15) is 11.5 Å². The number of anilines is 1. The van der Waals surface area contributed by atoms with Crippen LogP contribution in [0.25, 0.3) is 5.76 Å². The topological polar surface area (TPSA) is 93.1 Å². The number of nitrogens with zero attached hydrogens (tertiary/aromatic N) is 1. The van der Waals surface area contributed by atoms with Crippen molar-refractivity contribution in [1.29, 1.82) is 0 Å². The normalized spacial score (nSPS) is 16.9. The van der Waals surface area contributed by atoms with Crippen molar-refractivity contribution >= 4 is 40.7 Å². The molecule has 1 saturated heterocycles. The molecule has 4 rings (SSSR count). The Hall–Kier alpha value is -4.10. The first-order valence-corrected chi connectivity index (χ1v) is 12.7. The second kappa shape index (κ2) is 10.6. The van der Waals surface area contributed by atoms with E-state index >= 15 is 0 Å². The molecule has 1 aliphatic rings. The Labute approximate surface area is 232 Å². The van der Waals surface area contributed by atoms with Gasteiger partial charge in [0, 0.05) is 5.69 Å². The minimum absolute atomic E-state index is 0.119. The number of carbonyl (C=O) groups is 3. The number of aliphatic hydroxyl groups excluding tert-OH is 1. The number of ether oxygens (including phenoxy) is 2. The molecule has 202 valence electrons. The third-order valence-corrected chi connectivity index (χ3v) is 7.01. The molecule has 0 aliphatic carbocycles. The molecular weight excluding hydrogens is 518 g/mol. The number of methoxy groups -OCH3 is 2. The monoisotopic (exact) mass is 547 g/mol. The summed E-state index contributed by atoms with van der Waals surface area (Å²) in [5.74, 6) is -2.53. The van der Waals surface area contributed by atoms with Crippen molar-refractivity contribution in [3.05, 3.63) is 99.1 Å². The van der Waals surface area contributed by atoms with Crippen LogP contribution in [0.2, 0.25) is 5.02 Å². The van der Waals surface area contributed by atoms with E-state index in [4.69, 9.17) is 21.1 Å². The summed E-state index contributed by atoms with van der Waals surface area (Å²) in [7, 11) is 2.67. The highest BCUT2D eigenvalue weighted by molar-refractivity contribution is 6.51. The van der Waals surface area contributed by atoms with Gasteiger partial charge in [-0.25, -0.2) is 4.79 Å². The molecule has 7 nitrogen and oxygen atoms in total. The number of esters is 1. The maximum atomic E-state index is 13.6. The fourth-order valence-corrected chi connectivity index (χ4v) is 5.09. The van der Waals surface area contributed by atoms with E-state index in [0.29, 0.717) is 11.3 Å². The van der Waals surface area contributed by atoms with Crippen molar-refractivity contribution in [2.24, 2.45) is 0 Å². The lowest BCUT2D eigenvalue weighted by Gasteiger charge is -2.27. The highest BCUT2D eigenvalue weighted by atomic mass is 35.5. The van der Waals surface area contributed by atoms with Gasteiger partial charge >= 0.3 is 5.97 Å². The molecule has 1 atom stereocenters. The number of halogens is 1. The maximum absolute atomic E-state index is 13.6. The number of hydrogen-bond acceptors (Lipinski definition) is 6. The molecule has 8 heteroatoms. The SMILES string of the molecule is COC(=O)c1cccc(N2C(=O)C(=O)/C(=C(/O)c3cc(C)cc(Cl)c3OC)C2c2ccc(C(C)(C)C)cc2)c1. The fraction of sp³-hybridized carbons (Fsp3) is 0.258. The summed E-state index contributed by atoms with van der Waals surface area (Å²) in [6, 6.07) is 16.1. The second-order valence-electron chi connectivity index (χ2n) is 10.4. The Morgan fingerprint density at radius 3 is 2.26 bits per heavy atom. The lowest BCUT2D eigenvalue weighted by atomic mass is 9.85. The van der Waals surface area contributed by atoms with Crippen LogP contribution in [0, 0.1) is 6.92 Å². The van der Waals surface area contributed by atoms with Gasteiger partial charge in [-0.05, 0) is 59.4 Å². The maximum Gasteiger partial charge on any atom is 0.337 e. The van der Waals surface area contributed by atoms with Gasteiger partial charge in [-0.15, -0.1) is 0 Å². The first-order chi connectivity index (χ1) is 18.4. The predicted octanol–water partition coefficient (Wildman–Crippen LogP) is 6.37. The molecule has 0 saturated carbocycles. The Kier molecular flexibility index (Phi) is 7.57. The van der Waals surface area contributed by atoms with Crippen LogP contribution in [0.15, 0.2) is 66.2 Å². The highest BCUT2D eigenvalue weighted by Crippen LogP contribution is 2.45. The molecule has 0 radical (unpaired) electrons. The highest BCUT2D eigenvalue weighted by Gasteiger charge is 2.47. The molecule has 3 aromatic rings. The molecule has 1 heterocycles. The van der Waals surface area contributed by atoms with Crippen molar-refractivity contribution in [2.75, 3.05) is 19.1 Å². The number of carbonyl (C=O) groups excluding carboxylic acids is 3. The van der Waals surface area contributed by atoms with Crippen molar-refractivity contribution in [3.63, 3.8) is 0 Å². The summed E-state index contributed by atoms with van der Waals surface area (Å²) in [4.78, 5) is 40.7. The third kappa shape index (κ3) is 5.14. The van der Waals surface area contributed by atoms with Crippen molar-refractivity contribution in [1.82, 2.24) is 0 Å². The zero-order chi connectivity index (χ0) is 28.6. The van der Waals surface area contributed by atoms with E-state index in [2.05, 4.69) is 20.8 Å². The Balaban J connectivity index is 2.00. The van der Waals surface area contributed by atoms with E-state index in [9.17, 15) is 19.5 Å². The van der Waals surface area contributed by atoms with Crippen LogP contribution in [0.1, 0.15) is 59.4 Å². The Morgan fingerprint density at radius 1 is 1.00 bits per heavy atom. The van der Waals surface area contributed by atoms with Crippen molar-refractivity contribution in [3.8, 4) is 5.75 Å². The summed E-state index contributed by atoms with van der Waals surface area (Å²) < 4.78 is 10.3. The number of Topliss-reactive ketones (excluding diaryl/α,β-unsaturated/α-hetero) is 1. The molecule has 3 aromatic carbocycles. The molecule has 39 heavy (non-hydrogen) atoms. The smallest absolute Gasteiger partial charge is 0.337 e.